The van der Waals surface area contributed by atoms with Gasteiger partial charge in [-0.2, -0.15) is 0 Å². The summed E-state index contributed by atoms with van der Waals surface area (Å²) in [5.41, 5.74) is 1.67. The van der Waals surface area contributed by atoms with E-state index < -0.39 is 0 Å². The molecule has 1 N–H and O–H groups in total. The number of aryl methyl sites for hydroxylation is 1. The molecular weight excluding hydrogens is 334 g/mol. The first kappa shape index (κ1) is 15.8. The van der Waals surface area contributed by atoms with E-state index in [4.69, 9.17) is 9.15 Å². The van der Waals surface area contributed by atoms with E-state index in [0.717, 1.165) is 10.2 Å². The number of hydrogen-bond acceptors (Lipinski definition) is 4. The summed E-state index contributed by atoms with van der Waals surface area (Å²) in [6.07, 6.45) is 0. The summed E-state index contributed by atoms with van der Waals surface area (Å²) < 4.78 is 11.3. The van der Waals surface area contributed by atoms with Gasteiger partial charge in [0.2, 0.25) is 0 Å². The molecule has 0 fully saturated rings. The monoisotopic (exact) mass is 351 g/mol. The first-order chi connectivity index (χ1) is 10.0. The number of rotatable bonds is 5. The number of esters is 1. The Morgan fingerprint density at radius 1 is 1.38 bits per heavy atom. The highest BCUT2D eigenvalue weighted by atomic mass is 79.9. The molecule has 0 saturated heterocycles. The highest BCUT2D eigenvalue weighted by molar-refractivity contribution is 9.10. The first-order valence-corrected chi connectivity index (χ1v) is 7.47. The third kappa shape index (κ3) is 3.95. The molecule has 0 aliphatic rings. The molecule has 1 aromatic heterocycles. The second kappa shape index (κ2) is 6.91. The standard InChI is InChI=1S/C16H18BrNO3/c1-10(12-4-6-13(17)7-5-12)18-9-14-8-15(11(2)21-14)16(19)20-3/h4-8,10,18H,9H2,1-3H3/t10-/m1/s1. The van der Waals surface area contributed by atoms with Crippen LogP contribution >= 0.6 is 15.9 Å². The molecule has 4 nitrogen and oxygen atoms in total. The molecule has 0 bridgehead atoms. The maximum Gasteiger partial charge on any atom is 0.341 e. The fourth-order valence-electron chi connectivity index (χ4n) is 2.07. The Labute approximate surface area is 132 Å². The predicted octanol–water partition coefficient (Wildman–Crippen LogP) is 3.99. The van der Waals surface area contributed by atoms with Crippen molar-refractivity contribution in [1.29, 1.82) is 0 Å². The molecule has 112 valence electrons. The molecule has 0 radical (unpaired) electrons. The van der Waals surface area contributed by atoms with Gasteiger partial charge in [-0.3, -0.25) is 0 Å². The van der Waals surface area contributed by atoms with Crippen molar-refractivity contribution < 1.29 is 13.9 Å². The van der Waals surface area contributed by atoms with E-state index in [1.54, 1.807) is 13.0 Å². The van der Waals surface area contributed by atoms with Gasteiger partial charge in [-0.05, 0) is 37.6 Å². The van der Waals surface area contributed by atoms with Crippen molar-refractivity contribution in [2.75, 3.05) is 7.11 Å². The Bertz CT molecular complexity index is 619. The van der Waals surface area contributed by atoms with Crippen LogP contribution in [-0.4, -0.2) is 13.1 Å². The molecule has 0 aliphatic heterocycles. The van der Waals surface area contributed by atoms with E-state index in [0.29, 0.717) is 17.9 Å². The van der Waals surface area contributed by atoms with Gasteiger partial charge < -0.3 is 14.5 Å². The first-order valence-electron chi connectivity index (χ1n) is 6.67. The average Bonchev–Trinajstić information content (AvgIpc) is 2.86. The maximum atomic E-state index is 11.5. The maximum absolute atomic E-state index is 11.5. The average molecular weight is 352 g/mol. The van der Waals surface area contributed by atoms with Gasteiger partial charge in [0.1, 0.15) is 17.1 Å². The normalized spacial score (nSPS) is 12.2. The number of carbonyl (C=O) groups excluding carboxylic acids is 1. The van der Waals surface area contributed by atoms with Crippen molar-refractivity contribution in [3.63, 3.8) is 0 Å². The minimum absolute atomic E-state index is 0.185. The van der Waals surface area contributed by atoms with Crippen molar-refractivity contribution in [3.05, 3.63) is 57.5 Å². The Balaban J connectivity index is 1.99. The Hall–Kier alpha value is -1.59. The van der Waals surface area contributed by atoms with Gasteiger partial charge in [-0.15, -0.1) is 0 Å². The van der Waals surface area contributed by atoms with Crippen LogP contribution in [0.1, 0.15) is 40.4 Å². The SMILES string of the molecule is COC(=O)c1cc(CN[C@H](C)c2ccc(Br)cc2)oc1C. The lowest BCUT2D eigenvalue weighted by molar-refractivity contribution is 0.0599. The Morgan fingerprint density at radius 2 is 2.05 bits per heavy atom. The predicted molar refractivity (Wildman–Crippen MR) is 84.2 cm³/mol. The third-order valence-electron chi connectivity index (χ3n) is 3.33. The number of carbonyl (C=O) groups is 1. The van der Waals surface area contributed by atoms with Gasteiger partial charge in [0, 0.05) is 10.5 Å². The molecule has 0 amide bonds. The van der Waals surface area contributed by atoms with Crippen LogP contribution in [0.4, 0.5) is 0 Å². The van der Waals surface area contributed by atoms with E-state index >= 15 is 0 Å². The van der Waals surface area contributed by atoms with E-state index in [2.05, 4.69) is 40.3 Å². The van der Waals surface area contributed by atoms with Gasteiger partial charge >= 0.3 is 5.97 Å². The third-order valence-corrected chi connectivity index (χ3v) is 3.86. The number of hydrogen-bond donors (Lipinski definition) is 1. The van der Waals surface area contributed by atoms with Crippen molar-refractivity contribution in [1.82, 2.24) is 5.32 Å². The lowest BCUT2D eigenvalue weighted by atomic mass is 10.1. The smallest absolute Gasteiger partial charge is 0.341 e. The quantitative estimate of drug-likeness (QED) is 0.827. The van der Waals surface area contributed by atoms with Gasteiger partial charge in [-0.25, -0.2) is 4.79 Å². The zero-order valence-corrected chi connectivity index (χ0v) is 13.9. The summed E-state index contributed by atoms with van der Waals surface area (Å²) in [6.45, 7) is 4.39. The van der Waals surface area contributed by atoms with E-state index in [9.17, 15) is 4.79 Å². The largest absolute Gasteiger partial charge is 0.465 e. The number of nitrogens with one attached hydrogen (secondary N) is 1. The molecule has 1 heterocycles. The molecule has 2 aromatic rings. The van der Waals surface area contributed by atoms with Crippen LogP contribution < -0.4 is 5.32 Å². The van der Waals surface area contributed by atoms with Crippen LogP contribution in [0.25, 0.3) is 0 Å². The second-order valence-electron chi connectivity index (χ2n) is 4.83. The Morgan fingerprint density at radius 3 is 2.67 bits per heavy atom. The van der Waals surface area contributed by atoms with Crippen LogP contribution in [0, 0.1) is 6.92 Å². The molecule has 21 heavy (non-hydrogen) atoms. The highest BCUT2D eigenvalue weighted by Crippen LogP contribution is 2.19. The summed E-state index contributed by atoms with van der Waals surface area (Å²) in [7, 11) is 1.36. The number of benzene rings is 1. The van der Waals surface area contributed by atoms with Crippen molar-refractivity contribution in [2.45, 2.75) is 26.4 Å². The molecule has 0 unspecified atom stereocenters. The van der Waals surface area contributed by atoms with Crippen LogP contribution in [0.2, 0.25) is 0 Å². The molecule has 0 spiro atoms. The van der Waals surface area contributed by atoms with Gasteiger partial charge in [0.05, 0.1) is 13.7 Å². The number of halogens is 1. The second-order valence-corrected chi connectivity index (χ2v) is 5.74. The minimum atomic E-state index is -0.372. The van der Waals surface area contributed by atoms with Crippen molar-refractivity contribution >= 4 is 21.9 Å². The van der Waals surface area contributed by atoms with E-state index in [1.807, 2.05) is 12.1 Å². The van der Waals surface area contributed by atoms with Crippen molar-refractivity contribution in [3.8, 4) is 0 Å². The molecule has 0 aliphatic carbocycles. The summed E-state index contributed by atoms with van der Waals surface area (Å²) in [6, 6.07) is 10.1. The lowest BCUT2D eigenvalue weighted by Gasteiger charge is -2.13. The van der Waals surface area contributed by atoms with Gasteiger partial charge in [0.15, 0.2) is 0 Å². The van der Waals surface area contributed by atoms with Crippen molar-refractivity contribution in [2.24, 2.45) is 0 Å². The molecular formula is C16H18BrNO3. The molecule has 0 saturated carbocycles. The molecule has 1 aromatic carbocycles. The van der Waals surface area contributed by atoms with E-state index in [1.165, 1.54) is 12.7 Å². The summed E-state index contributed by atoms with van der Waals surface area (Å²) in [5.74, 6) is 0.926. The van der Waals surface area contributed by atoms with Crippen LogP contribution in [0.3, 0.4) is 0 Å². The van der Waals surface area contributed by atoms with Crippen LogP contribution in [-0.2, 0) is 11.3 Å². The molecule has 1 atom stereocenters. The molecule has 5 heteroatoms. The fourth-order valence-corrected chi connectivity index (χ4v) is 2.33. The van der Waals surface area contributed by atoms with Gasteiger partial charge in [0.25, 0.3) is 0 Å². The summed E-state index contributed by atoms with van der Waals surface area (Å²) in [5, 5.41) is 3.37. The lowest BCUT2D eigenvalue weighted by Crippen LogP contribution is -2.17. The minimum Gasteiger partial charge on any atom is -0.465 e. The fraction of sp³-hybridized carbons (Fsp3) is 0.312. The van der Waals surface area contributed by atoms with Gasteiger partial charge in [-0.1, -0.05) is 28.1 Å². The summed E-state index contributed by atoms with van der Waals surface area (Å²) in [4.78, 5) is 11.5. The van der Waals surface area contributed by atoms with E-state index in [-0.39, 0.29) is 12.0 Å². The summed E-state index contributed by atoms with van der Waals surface area (Å²) >= 11 is 3.42. The zero-order valence-electron chi connectivity index (χ0n) is 12.3. The number of ether oxygens (including phenoxy) is 1. The Kier molecular flexibility index (Phi) is 5.20. The van der Waals surface area contributed by atoms with Crippen LogP contribution in [0.15, 0.2) is 39.2 Å². The van der Waals surface area contributed by atoms with Crippen LogP contribution in [0.5, 0.6) is 0 Å². The highest BCUT2D eigenvalue weighted by Gasteiger charge is 2.15. The topological polar surface area (TPSA) is 51.5 Å². The zero-order chi connectivity index (χ0) is 15.4. The number of furan rings is 1. The number of methoxy groups -OCH3 is 1. The molecule has 2 rings (SSSR count).